The van der Waals surface area contributed by atoms with Crippen LogP contribution in [0.5, 0.6) is 5.75 Å². The van der Waals surface area contributed by atoms with E-state index in [1.54, 1.807) is 19.1 Å². The first kappa shape index (κ1) is 19.0. The minimum Gasteiger partial charge on any atom is -0.482 e. The van der Waals surface area contributed by atoms with Gasteiger partial charge >= 0.3 is 12.0 Å². The molecule has 8 heteroatoms. The van der Waals surface area contributed by atoms with E-state index in [2.05, 4.69) is 5.32 Å². The first-order valence-electron chi connectivity index (χ1n) is 7.33. The van der Waals surface area contributed by atoms with Crippen LogP contribution < -0.4 is 15.4 Å². The summed E-state index contributed by atoms with van der Waals surface area (Å²) < 4.78 is 9.85. The summed E-state index contributed by atoms with van der Waals surface area (Å²) in [5, 5.41) is 13.3. The molecular weight excluding hydrogens is 314 g/mol. The Balaban J connectivity index is 2.26. The van der Waals surface area contributed by atoms with E-state index in [0.29, 0.717) is 11.3 Å². The second-order valence-corrected chi connectivity index (χ2v) is 4.92. The van der Waals surface area contributed by atoms with Gasteiger partial charge in [-0.15, -0.1) is 0 Å². The van der Waals surface area contributed by atoms with Gasteiger partial charge in [0, 0.05) is 6.04 Å². The van der Waals surface area contributed by atoms with Gasteiger partial charge in [-0.1, -0.05) is 6.92 Å². The van der Waals surface area contributed by atoms with E-state index >= 15 is 0 Å². The molecule has 1 aromatic rings. The molecule has 0 saturated carbocycles. The Morgan fingerprint density at radius 1 is 1.21 bits per heavy atom. The lowest BCUT2D eigenvalue weighted by atomic mass is 10.2. The minimum absolute atomic E-state index is 0.0684. The number of imide groups is 1. The van der Waals surface area contributed by atoms with Crippen molar-refractivity contribution < 1.29 is 23.9 Å². The fourth-order valence-corrected chi connectivity index (χ4v) is 1.48. The third-order valence-corrected chi connectivity index (χ3v) is 2.95. The molecule has 0 heterocycles. The van der Waals surface area contributed by atoms with E-state index in [1.807, 2.05) is 18.3 Å². The van der Waals surface area contributed by atoms with Gasteiger partial charge in [-0.2, -0.15) is 5.26 Å². The van der Waals surface area contributed by atoms with Crippen molar-refractivity contribution in [1.82, 2.24) is 10.6 Å². The fourth-order valence-electron chi connectivity index (χ4n) is 1.48. The number of carbonyl (C=O) groups excluding carboxylic acids is 3. The lowest BCUT2D eigenvalue weighted by Crippen LogP contribution is -2.44. The van der Waals surface area contributed by atoms with Crippen LogP contribution in [0.4, 0.5) is 4.79 Å². The SMILES string of the molecule is CC[C@H](C)NC(=O)NC(=O)COC(=O)COc1ccc(C#N)cc1. The molecule has 1 aromatic carbocycles. The number of nitrogens with zero attached hydrogens (tertiary/aromatic N) is 1. The largest absolute Gasteiger partial charge is 0.482 e. The zero-order valence-corrected chi connectivity index (χ0v) is 13.5. The molecule has 1 atom stereocenters. The Kier molecular flexibility index (Phi) is 7.78. The van der Waals surface area contributed by atoms with Crippen molar-refractivity contribution >= 4 is 17.9 Å². The maximum Gasteiger partial charge on any atom is 0.344 e. The summed E-state index contributed by atoms with van der Waals surface area (Å²) in [6, 6.07) is 7.42. The minimum atomic E-state index is -0.753. The summed E-state index contributed by atoms with van der Waals surface area (Å²) in [4.78, 5) is 34.3. The van der Waals surface area contributed by atoms with Gasteiger partial charge in [0.2, 0.25) is 0 Å². The number of carbonyl (C=O) groups is 3. The van der Waals surface area contributed by atoms with Crippen LogP contribution >= 0.6 is 0 Å². The standard InChI is InChI=1S/C16H19N3O5/c1-3-11(2)18-16(22)19-14(20)9-24-15(21)10-23-13-6-4-12(8-17)5-7-13/h4-7,11H,3,9-10H2,1-2H3,(H2,18,19,20,22)/t11-/m0/s1. The van der Waals surface area contributed by atoms with Crippen molar-refractivity contribution in [3.63, 3.8) is 0 Å². The molecular formula is C16H19N3O5. The molecule has 128 valence electrons. The lowest BCUT2D eigenvalue weighted by molar-refractivity contribution is -0.150. The molecule has 0 fully saturated rings. The number of esters is 1. The van der Waals surface area contributed by atoms with Crippen molar-refractivity contribution in [3.8, 4) is 11.8 Å². The zero-order chi connectivity index (χ0) is 17.9. The average Bonchev–Trinajstić information content (AvgIpc) is 2.58. The van der Waals surface area contributed by atoms with Gasteiger partial charge < -0.3 is 14.8 Å². The smallest absolute Gasteiger partial charge is 0.344 e. The number of ether oxygens (including phenoxy) is 2. The van der Waals surface area contributed by atoms with Crippen LogP contribution in [-0.2, 0) is 14.3 Å². The molecule has 24 heavy (non-hydrogen) atoms. The van der Waals surface area contributed by atoms with E-state index in [-0.39, 0.29) is 6.04 Å². The van der Waals surface area contributed by atoms with Crippen molar-refractivity contribution in [2.24, 2.45) is 0 Å². The van der Waals surface area contributed by atoms with Crippen molar-refractivity contribution in [2.45, 2.75) is 26.3 Å². The van der Waals surface area contributed by atoms with Crippen LogP contribution in [0.15, 0.2) is 24.3 Å². The Morgan fingerprint density at radius 3 is 2.46 bits per heavy atom. The highest BCUT2D eigenvalue weighted by atomic mass is 16.6. The molecule has 8 nitrogen and oxygen atoms in total. The topological polar surface area (TPSA) is 118 Å². The number of nitriles is 1. The summed E-state index contributed by atoms with van der Waals surface area (Å²) >= 11 is 0. The number of rotatable bonds is 7. The van der Waals surface area contributed by atoms with Crippen LogP contribution in [0.2, 0.25) is 0 Å². The van der Waals surface area contributed by atoms with E-state index in [0.717, 1.165) is 6.42 Å². The van der Waals surface area contributed by atoms with E-state index in [4.69, 9.17) is 14.7 Å². The van der Waals surface area contributed by atoms with Gasteiger partial charge in [0.05, 0.1) is 11.6 Å². The highest BCUT2D eigenvalue weighted by molar-refractivity contribution is 5.95. The number of hydrogen-bond acceptors (Lipinski definition) is 6. The molecule has 0 radical (unpaired) electrons. The summed E-state index contributed by atoms with van der Waals surface area (Å²) in [6.07, 6.45) is 0.725. The second-order valence-electron chi connectivity index (χ2n) is 4.92. The third kappa shape index (κ3) is 7.26. The van der Waals surface area contributed by atoms with Crippen molar-refractivity contribution in [1.29, 1.82) is 5.26 Å². The average molecular weight is 333 g/mol. The molecule has 0 bridgehead atoms. The van der Waals surface area contributed by atoms with E-state index in [1.165, 1.54) is 12.1 Å². The monoisotopic (exact) mass is 333 g/mol. The summed E-state index contributed by atoms with van der Waals surface area (Å²) in [5.74, 6) is -1.09. The number of hydrogen-bond donors (Lipinski definition) is 2. The maximum atomic E-state index is 11.5. The Labute approximate surface area is 139 Å². The van der Waals surface area contributed by atoms with E-state index < -0.39 is 31.1 Å². The molecule has 2 N–H and O–H groups in total. The first-order chi connectivity index (χ1) is 11.4. The Morgan fingerprint density at radius 2 is 1.88 bits per heavy atom. The van der Waals surface area contributed by atoms with Gasteiger partial charge in [0.25, 0.3) is 5.91 Å². The molecule has 0 unspecified atom stereocenters. The molecule has 0 aliphatic carbocycles. The third-order valence-electron chi connectivity index (χ3n) is 2.95. The van der Waals surface area contributed by atoms with Crippen LogP contribution in [-0.4, -0.2) is 37.2 Å². The van der Waals surface area contributed by atoms with Gasteiger partial charge in [-0.25, -0.2) is 9.59 Å². The summed E-state index contributed by atoms with van der Waals surface area (Å²) in [6.45, 7) is 2.72. The van der Waals surface area contributed by atoms with Crippen LogP contribution in [0.3, 0.4) is 0 Å². The van der Waals surface area contributed by atoms with Gasteiger partial charge in [-0.05, 0) is 37.6 Å². The quantitative estimate of drug-likeness (QED) is 0.722. The lowest BCUT2D eigenvalue weighted by Gasteiger charge is -2.12. The molecule has 0 aliphatic heterocycles. The molecule has 0 spiro atoms. The molecule has 3 amide bonds. The Hall–Kier alpha value is -3.08. The molecule has 1 rings (SSSR count). The highest BCUT2D eigenvalue weighted by Crippen LogP contribution is 2.11. The normalized spacial score (nSPS) is 10.9. The Bertz CT molecular complexity index is 622. The molecule has 0 aromatic heterocycles. The zero-order valence-electron chi connectivity index (χ0n) is 13.5. The number of amides is 3. The van der Waals surface area contributed by atoms with Gasteiger partial charge in [-0.3, -0.25) is 10.1 Å². The summed E-state index contributed by atoms with van der Waals surface area (Å²) in [7, 11) is 0. The van der Waals surface area contributed by atoms with E-state index in [9.17, 15) is 14.4 Å². The van der Waals surface area contributed by atoms with Crippen molar-refractivity contribution in [3.05, 3.63) is 29.8 Å². The first-order valence-corrected chi connectivity index (χ1v) is 7.33. The number of nitrogens with one attached hydrogen (secondary N) is 2. The highest BCUT2D eigenvalue weighted by Gasteiger charge is 2.12. The number of benzene rings is 1. The maximum absolute atomic E-state index is 11.5. The molecule has 0 aliphatic rings. The van der Waals surface area contributed by atoms with Crippen LogP contribution in [0.1, 0.15) is 25.8 Å². The fraction of sp³-hybridized carbons (Fsp3) is 0.375. The van der Waals surface area contributed by atoms with Gasteiger partial charge in [0.15, 0.2) is 13.2 Å². The predicted molar refractivity (Wildman–Crippen MR) is 84.0 cm³/mol. The number of urea groups is 1. The predicted octanol–water partition coefficient (Wildman–Crippen LogP) is 1.10. The molecule has 0 saturated heterocycles. The van der Waals surface area contributed by atoms with Gasteiger partial charge in [0.1, 0.15) is 5.75 Å². The summed E-state index contributed by atoms with van der Waals surface area (Å²) in [5.41, 5.74) is 0.470. The second kappa shape index (κ2) is 9.84. The van der Waals surface area contributed by atoms with Crippen molar-refractivity contribution in [2.75, 3.05) is 13.2 Å². The van der Waals surface area contributed by atoms with Crippen LogP contribution in [0, 0.1) is 11.3 Å². The van der Waals surface area contributed by atoms with Crippen LogP contribution in [0.25, 0.3) is 0 Å².